The summed E-state index contributed by atoms with van der Waals surface area (Å²) in [5.41, 5.74) is 7.21. The van der Waals surface area contributed by atoms with E-state index in [4.69, 9.17) is 0 Å². The van der Waals surface area contributed by atoms with Gasteiger partial charge in [0.25, 0.3) is 0 Å². The Bertz CT molecular complexity index is 1730. The molecule has 0 aliphatic carbocycles. The first-order chi connectivity index (χ1) is 21.6. The lowest BCUT2D eigenvalue weighted by Crippen LogP contribution is -2.18. The first-order valence-corrected chi connectivity index (χ1v) is 13.9. The summed E-state index contributed by atoms with van der Waals surface area (Å²) in [4.78, 5) is 11.9. The molecule has 0 spiro atoms. The van der Waals surface area contributed by atoms with Gasteiger partial charge in [0.15, 0.2) is 0 Å². The van der Waals surface area contributed by atoms with Gasteiger partial charge in [-0.15, -0.1) is 0 Å². The lowest BCUT2D eigenvalue weighted by atomic mass is 10.1. The maximum atomic E-state index is 12.8. The molecule has 1 amide bonds. The lowest BCUT2D eigenvalue weighted by molar-refractivity contribution is -0.116. The van der Waals surface area contributed by atoms with Crippen molar-refractivity contribution in [1.29, 1.82) is 0 Å². The fourth-order valence-corrected chi connectivity index (χ4v) is 4.19. The molecule has 3 heterocycles. The van der Waals surface area contributed by atoms with E-state index in [2.05, 4.69) is 55.1 Å². The van der Waals surface area contributed by atoms with Gasteiger partial charge in [0.1, 0.15) is 12.4 Å². The highest BCUT2D eigenvalue weighted by molar-refractivity contribution is 5.90. The van der Waals surface area contributed by atoms with Crippen LogP contribution in [0.15, 0.2) is 152 Å². The minimum Gasteiger partial charge on any atom is -0.324 e. The van der Waals surface area contributed by atoms with E-state index in [0.717, 1.165) is 22.3 Å². The molecule has 0 fully saturated rings. The number of aromatic nitrogens is 6. The third-order valence-corrected chi connectivity index (χ3v) is 6.38. The zero-order chi connectivity index (χ0) is 30.4. The van der Waals surface area contributed by atoms with Gasteiger partial charge in [-0.05, 0) is 41.0 Å². The predicted molar refractivity (Wildman–Crippen MR) is 171 cm³/mol. The van der Waals surface area contributed by atoms with E-state index in [1.165, 1.54) is 35.4 Å². The number of aromatic amines is 2. The summed E-state index contributed by atoms with van der Waals surface area (Å²) in [5.74, 6) is -0.549. The van der Waals surface area contributed by atoms with Gasteiger partial charge in [-0.3, -0.25) is 19.7 Å². The van der Waals surface area contributed by atoms with Crippen LogP contribution in [0.4, 0.5) is 10.1 Å². The van der Waals surface area contributed by atoms with Crippen LogP contribution in [0.2, 0.25) is 0 Å². The number of hydrogen-bond donors (Lipinski definition) is 3. The van der Waals surface area contributed by atoms with Crippen LogP contribution < -0.4 is 5.32 Å². The first-order valence-electron chi connectivity index (χ1n) is 13.9. The molecule has 9 heteroatoms. The minimum atomic E-state index is -0.336. The zero-order valence-corrected chi connectivity index (χ0v) is 23.7. The minimum absolute atomic E-state index is 0.101. The second kappa shape index (κ2) is 15.2. The van der Waals surface area contributed by atoms with Crippen molar-refractivity contribution in [2.24, 2.45) is 0 Å². The molecule has 0 aliphatic heterocycles. The highest BCUT2D eigenvalue weighted by atomic mass is 19.1. The number of benzene rings is 4. The molecule has 0 atom stereocenters. The molecule has 0 radical (unpaired) electrons. The molecule has 0 aliphatic rings. The fourth-order valence-electron chi connectivity index (χ4n) is 4.19. The number of amides is 1. The van der Waals surface area contributed by atoms with Gasteiger partial charge in [0.05, 0.1) is 18.6 Å². The number of nitrogens with one attached hydrogen (secondary N) is 3. The van der Waals surface area contributed by atoms with E-state index in [-0.39, 0.29) is 18.3 Å². The average Bonchev–Trinajstić information content (AvgIpc) is 3.88. The Hall–Kier alpha value is -6.09. The van der Waals surface area contributed by atoms with Crippen LogP contribution in [0.3, 0.4) is 0 Å². The molecule has 4 aromatic carbocycles. The molecule has 44 heavy (non-hydrogen) atoms. The first kappa shape index (κ1) is 29.4. The van der Waals surface area contributed by atoms with Crippen LogP contribution >= 0.6 is 0 Å². The van der Waals surface area contributed by atoms with Gasteiger partial charge >= 0.3 is 0 Å². The van der Waals surface area contributed by atoms with E-state index in [9.17, 15) is 9.18 Å². The highest BCUT2D eigenvalue weighted by Gasteiger charge is 2.07. The topological polar surface area (TPSA) is 104 Å². The normalized spacial score (nSPS) is 10.1. The Morgan fingerprint density at radius 1 is 0.614 bits per heavy atom. The molecular formula is C35H30FN7O. The number of anilines is 1. The molecule has 8 nitrogen and oxygen atoms in total. The molecule has 0 saturated heterocycles. The maximum absolute atomic E-state index is 12.8. The van der Waals surface area contributed by atoms with E-state index in [1.807, 2.05) is 97.7 Å². The van der Waals surface area contributed by atoms with Gasteiger partial charge in [-0.2, -0.15) is 15.3 Å². The lowest BCUT2D eigenvalue weighted by Gasteiger charge is -2.05. The van der Waals surface area contributed by atoms with Crippen molar-refractivity contribution in [3.63, 3.8) is 0 Å². The number of halogens is 1. The third-order valence-electron chi connectivity index (χ3n) is 6.38. The highest BCUT2D eigenvalue weighted by Crippen LogP contribution is 2.18. The van der Waals surface area contributed by atoms with E-state index >= 15 is 0 Å². The zero-order valence-electron chi connectivity index (χ0n) is 23.7. The van der Waals surface area contributed by atoms with Crippen molar-refractivity contribution in [2.75, 3.05) is 5.32 Å². The van der Waals surface area contributed by atoms with Crippen LogP contribution in [0.1, 0.15) is 0 Å². The number of nitrogens with zero attached hydrogens (tertiary/aromatic N) is 4. The molecular weight excluding hydrogens is 553 g/mol. The Morgan fingerprint density at radius 2 is 1.09 bits per heavy atom. The molecule has 3 aromatic heterocycles. The van der Waals surface area contributed by atoms with Crippen LogP contribution in [0, 0.1) is 5.82 Å². The standard InChI is InChI=1S/C17H14FN3O.2C9H8N2/c18-15-6-8-16(9-7-15)20-17(22)12-21-11-14(10-19-21)13-4-2-1-3-5-13;2*1-2-4-8(5-3-1)9-6-10-11-7-9/h1-11H,12H2,(H,20,22);2*1-7H,(H,10,11). The van der Waals surface area contributed by atoms with Gasteiger partial charge in [-0.25, -0.2) is 4.39 Å². The van der Waals surface area contributed by atoms with Crippen molar-refractivity contribution in [3.05, 3.63) is 158 Å². The van der Waals surface area contributed by atoms with Gasteiger partial charge in [0.2, 0.25) is 5.91 Å². The molecule has 7 aromatic rings. The van der Waals surface area contributed by atoms with Crippen molar-refractivity contribution < 1.29 is 9.18 Å². The van der Waals surface area contributed by atoms with E-state index < -0.39 is 0 Å². The third kappa shape index (κ3) is 8.70. The van der Waals surface area contributed by atoms with E-state index in [1.54, 1.807) is 10.9 Å². The molecule has 3 N–H and O–H groups in total. The van der Waals surface area contributed by atoms with Crippen molar-refractivity contribution in [2.45, 2.75) is 6.54 Å². The summed E-state index contributed by atoms with van der Waals surface area (Å²) < 4.78 is 14.4. The van der Waals surface area contributed by atoms with Gasteiger partial charge in [-0.1, -0.05) is 91.0 Å². The van der Waals surface area contributed by atoms with Gasteiger partial charge in [0, 0.05) is 41.0 Å². The Kier molecular flexibility index (Phi) is 10.2. The van der Waals surface area contributed by atoms with Crippen LogP contribution in [-0.4, -0.2) is 36.1 Å². The predicted octanol–water partition coefficient (Wildman–Crippen LogP) is 7.48. The molecule has 218 valence electrons. The summed E-state index contributed by atoms with van der Waals surface area (Å²) in [7, 11) is 0. The average molecular weight is 584 g/mol. The second-order valence-electron chi connectivity index (χ2n) is 9.55. The summed E-state index contributed by atoms with van der Waals surface area (Å²) in [6, 6.07) is 35.8. The van der Waals surface area contributed by atoms with Crippen LogP contribution in [-0.2, 0) is 11.3 Å². The number of rotatable bonds is 6. The number of hydrogen-bond acceptors (Lipinski definition) is 4. The van der Waals surface area contributed by atoms with E-state index in [0.29, 0.717) is 5.69 Å². The Morgan fingerprint density at radius 3 is 1.55 bits per heavy atom. The Labute approximate surface area is 254 Å². The van der Waals surface area contributed by atoms with Crippen molar-refractivity contribution in [3.8, 4) is 33.4 Å². The van der Waals surface area contributed by atoms with Crippen molar-refractivity contribution in [1.82, 2.24) is 30.2 Å². The van der Waals surface area contributed by atoms with Crippen molar-refractivity contribution >= 4 is 11.6 Å². The smallest absolute Gasteiger partial charge is 0.246 e. The second-order valence-corrected chi connectivity index (χ2v) is 9.55. The number of carbonyl (C=O) groups excluding carboxylic acids is 1. The molecule has 0 saturated carbocycles. The summed E-state index contributed by atoms with van der Waals surface area (Å²) in [5, 5.41) is 20.2. The summed E-state index contributed by atoms with van der Waals surface area (Å²) >= 11 is 0. The largest absolute Gasteiger partial charge is 0.324 e. The number of carbonyl (C=O) groups is 1. The van der Waals surface area contributed by atoms with Crippen LogP contribution in [0.25, 0.3) is 33.4 Å². The van der Waals surface area contributed by atoms with Gasteiger partial charge < -0.3 is 5.32 Å². The maximum Gasteiger partial charge on any atom is 0.246 e. The molecule has 0 bridgehead atoms. The summed E-state index contributed by atoms with van der Waals surface area (Å²) in [6.45, 7) is 0.101. The summed E-state index contributed by atoms with van der Waals surface area (Å²) in [6.07, 6.45) is 10.9. The van der Waals surface area contributed by atoms with Crippen LogP contribution in [0.5, 0.6) is 0 Å². The fraction of sp³-hybridized carbons (Fsp3) is 0.0286. The quantitative estimate of drug-likeness (QED) is 0.189. The molecule has 0 unspecified atom stereocenters. The molecule has 7 rings (SSSR count). The number of H-pyrrole nitrogens is 2. The Balaban J connectivity index is 0.000000145. The monoisotopic (exact) mass is 583 g/mol. The SMILES string of the molecule is O=C(Cn1cc(-c2ccccc2)cn1)Nc1ccc(F)cc1.c1ccc(-c2cn[nH]c2)cc1.c1ccc(-c2cn[nH]c2)cc1.